The van der Waals surface area contributed by atoms with Crippen molar-refractivity contribution in [3.05, 3.63) is 12.2 Å². The zero-order chi connectivity index (χ0) is 5.98. The Balaban J connectivity index is 2.36. The van der Waals surface area contributed by atoms with Crippen LogP contribution in [0.4, 0.5) is 0 Å². The van der Waals surface area contributed by atoms with Crippen LogP contribution in [0.25, 0.3) is 0 Å². The van der Waals surface area contributed by atoms with Crippen molar-refractivity contribution in [1.29, 1.82) is 0 Å². The van der Waals surface area contributed by atoms with Gasteiger partial charge in [0.2, 0.25) is 0 Å². The molecule has 1 rings (SSSR count). The van der Waals surface area contributed by atoms with Crippen molar-refractivity contribution in [2.24, 2.45) is 11.8 Å². The second-order valence-corrected chi connectivity index (χ2v) is 2.91. The lowest BCUT2D eigenvalue weighted by Gasteiger charge is -2.09. The maximum atomic E-state index is 2.35. The van der Waals surface area contributed by atoms with Gasteiger partial charge in [0, 0.05) is 0 Å². The summed E-state index contributed by atoms with van der Waals surface area (Å²) in [4.78, 5) is 0. The summed E-state index contributed by atoms with van der Waals surface area (Å²) < 4.78 is 0. The van der Waals surface area contributed by atoms with Crippen molar-refractivity contribution >= 4 is 0 Å². The quantitative estimate of drug-likeness (QED) is 0.455. The predicted octanol–water partition coefficient (Wildman–Crippen LogP) is 2.61. The van der Waals surface area contributed by atoms with Crippen LogP contribution in [0.15, 0.2) is 12.2 Å². The first-order chi connectivity index (χ1) is 3.80. The number of allylic oxidation sites excluding steroid dienone is 2. The van der Waals surface area contributed by atoms with E-state index in [1.807, 2.05) is 0 Å². The molecule has 0 aromatic rings. The molecule has 0 unspecified atom stereocenters. The molecule has 0 aromatic carbocycles. The van der Waals surface area contributed by atoms with E-state index in [1.54, 1.807) is 0 Å². The van der Waals surface area contributed by atoms with Crippen molar-refractivity contribution < 1.29 is 0 Å². The Morgan fingerprint density at radius 3 is 2.50 bits per heavy atom. The average Bonchev–Trinajstić information content (AvgIpc) is 2.12. The van der Waals surface area contributed by atoms with E-state index in [0.717, 1.165) is 11.8 Å². The van der Waals surface area contributed by atoms with Crippen LogP contribution >= 0.6 is 0 Å². The molecular formula is C8H14. The maximum Gasteiger partial charge on any atom is -0.0207 e. The molecule has 0 N–H and O–H groups in total. The molecule has 0 saturated carbocycles. The Hall–Kier alpha value is -0.260. The Labute approximate surface area is 51.6 Å². The third kappa shape index (κ3) is 1.12. The number of hydrogen-bond donors (Lipinski definition) is 0. The predicted molar refractivity (Wildman–Crippen MR) is 36.7 cm³/mol. The molecule has 0 heterocycles. The van der Waals surface area contributed by atoms with Gasteiger partial charge in [-0.25, -0.2) is 0 Å². The van der Waals surface area contributed by atoms with E-state index in [1.165, 1.54) is 12.8 Å². The van der Waals surface area contributed by atoms with Crippen LogP contribution in [-0.2, 0) is 0 Å². The van der Waals surface area contributed by atoms with Gasteiger partial charge in [0.15, 0.2) is 0 Å². The van der Waals surface area contributed by atoms with Crippen molar-refractivity contribution in [2.75, 3.05) is 0 Å². The van der Waals surface area contributed by atoms with Crippen LogP contribution < -0.4 is 0 Å². The summed E-state index contributed by atoms with van der Waals surface area (Å²) >= 11 is 0. The molecule has 0 saturated heterocycles. The Morgan fingerprint density at radius 2 is 2.25 bits per heavy atom. The summed E-state index contributed by atoms with van der Waals surface area (Å²) in [6, 6.07) is 0. The Kier molecular flexibility index (Phi) is 1.72. The third-order valence-electron chi connectivity index (χ3n) is 1.91. The first kappa shape index (κ1) is 5.87. The number of hydrogen-bond acceptors (Lipinski definition) is 0. The van der Waals surface area contributed by atoms with Crippen molar-refractivity contribution in [1.82, 2.24) is 0 Å². The highest BCUT2D eigenvalue weighted by molar-refractivity contribution is 4.96. The van der Waals surface area contributed by atoms with E-state index in [4.69, 9.17) is 0 Å². The maximum absolute atomic E-state index is 2.35. The fraction of sp³-hybridized carbons (Fsp3) is 0.750. The minimum atomic E-state index is 0.855. The molecule has 0 heteroatoms. The van der Waals surface area contributed by atoms with Crippen LogP contribution in [0, 0.1) is 11.8 Å². The molecule has 8 heavy (non-hydrogen) atoms. The molecule has 0 amide bonds. The summed E-state index contributed by atoms with van der Waals surface area (Å²) in [5.74, 6) is 1.74. The Bertz CT molecular complexity index is 90.2. The van der Waals surface area contributed by atoms with Gasteiger partial charge in [0.05, 0.1) is 0 Å². The van der Waals surface area contributed by atoms with Crippen molar-refractivity contribution in [3.8, 4) is 0 Å². The molecule has 0 radical (unpaired) electrons. The van der Waals surface area contributed by atoms with Crippen LogP contribution in [-0.4, -0.2) is 0 Å². The van der Waals surface area contributed by atoms with Gasteiger partial charge in [-0.2, -0.15) is 0 Å². The van der Waals surface area contributed by atoms with E-state index >= 15 is 0 Å². The average molecular weight is 110 g/mol. The van der Waals surface area contributed by atoms with Crippen LogP contribution in [0.5, 0.6) is 0 Å². The van der Waals surface area contributed by atoms with E-state index in [2.05, 4.69) is 26.0 Å². The lowest BCUT2D eigenvalue weighted by Crippen LogP contribution is -2.00. The van der Waals surface area contributed by atoms with E-state index in [9.17, 15) is 0 Å². The normalized spacial score (nSPS) is 27.6. The molecule has 0 bridgehead atoms. The summed E-state index contributed by atoms with van der Waals surface area (Å²) in [5.41, 5.74) is 0. The van der Waals surface area contributed by atoms with Gasteiger partial charge in [-0.05, 0) is 24.7 Å². The second kappa shape index (κ2) is 2.34. The minimum absolute atomic E-state index is 0.855. The van der Waals surface area contributed by atoms with Gasteiger partial charge >= 0.3 is 0 Å². The lowest BCUT2D eigenvalue weighted by molar-refractivity contribution is 0.459. The highest BCUT2D eigenvalue weighted by Gasteiger charge is 2.11. The fourth-order valence-corrected chi connectivity index (χ4v) is 1.21. The largest absolute Gasteiger partial charge is 0.0882 e. The second-order valence-electron chi connectivity index (χ2n) is 2.91. The van der Waals surface area contributed by atoms with E-state index in [-0.39, 0.29) is 0 Å². The summed E-state index contributed by atoms with van der Waals surface area (Å²) in [6.07, 6.45) is 7.34. The van der Waals surface area contributed by atoms with Crippen molar-refractivity contribution in [3.63, 3.8) is 0 Å². The molecule has 46 valence electrons. The highest BCUT2D eigenvalue weighted by Crippen LogP contribution is 2.23. The zero-order valence-electron chi connectivity index (χ0n) is 5.72. The summed E-state index contributed by atoms with van der Waals surface area (Å²) in [6.45, 7) is 4.58. The molecule has 1 atom stereocenters. The standard InChI is InChI=1S/C8H14/c1-7(2)8-5-3-4-6-8/h3,5,7-8H,4,6H2,1-2H3/t8-/m1/s1. The third-order valence-corrected chi connectivity index (χ3v) is 1.91. The van der Waals surface area contributed by atoms with Gasteiger partial charge in [-0.15, -0.1) is 0 Å². The molecular weight excluding hydrogens is 96.1 g/mol. The Morgan fingerprint density at radius 1 is 1.50 bits per heavy atom. The van der Waals surface area contributed by atoms with Gasteiger partial charge in [-0.1, -0.05) is 26.0 Å². The molecule has 1 aliphatic carbocycles. The molecule has 0 fully saturated rings. The fourth-order valence-electron chi connectivity index (χ4n) is 1.21. The van der Waals surface area contributed by atoms with Crippen LogP contribution in [0.2, 0.25) is 0 Å². The molecule has 0 aromatic heterocycles. The summed E-state index contributed by atoms with van der Waals surface area (Å²) in [7, 11) is 0. The van der Waals surface area contributed by atoms with Crippen LogP contribution in [0.3, 0.4) is 0 Å². The first-order valence-corrected chi connectivity index (χ1v) is 3.47. The highest BCUT2D eigenvalue weighted by atomic mass is 14.2. The van der Waals surface area contributed by atoms with Crippen LogP contribution in [0.1, 0.15) is 26.7 Å². The molecule has 0 spiro atoms. The van der Waals surface area contributed by atoms with Gasteiger partial charge in [0.25, 0.3) is 0 Å². The number of rotatable bonds is 1. The first-order valence-electron chi connectivity index (χ1n) is 3.47. The smallest absolute Gasteiger partial charge is 0.0207 e. The molecule has 0 aliphatic heterocycles. The topological polar surface area (TPSA) is 0 Å². The van der Waals surface area contributed by atoms with E-state index in [0.29, 0.717) is 0 Å². The molecule has 1 aliphatic rings. The minimum Gasteiger partial charge on any atom is -0.0882 e. The van der Waals surface area contributed by atoms with Gasteiger partial charge < -0.3 is 0 Å². The lowest BCUT2D eigenvalue weighted by atomic mass is 9.96. The zero-order valence-corrected chi connectivity index (χ0v) is 5.72. The SMILES string of the molecule is CC(C)[C@@H]1C=CCC1. The monoisotopic (exact) mass is 110 g/mol. The van der Waals surface area contributed by atoms with Gasteiger partial charge in [-0.3, -0.25) is 0 Å². The summed E-state index contributed by atoms with van der Waals surface area (Å²) in [5, 5.41) is 0. The van der Waals surface area contributed by atoms with E-state index < -0.39 is 0 Å². The molecule has 0 nitrogen and oxygen atoms in total. The van der Waals surface area contributed by atoms with Gasteiger partial charge in [0.1, 0.15) is 0 Å². The van der Waals surface area contributed by atoms with Crippen molar-refractivity contribution in [2.45, 2.75) is 26.7 Å².